The fourth-order valence-corrected chi connectivity index (χ4v) is 2.80. The minimum absolute atomic E-state index is 0.0553. The third kappa shape index (κ3) is 4.76. The molecule has 0 saturated carbocycles. The van der Waals surface area contributed by atoms with Gasteiger partial charge in [0.2, 0.25) is 0 Å². The van der Waals surface area contributed by atoms with E-state index in [-0.39, 0.29) is 5.91 Å². The van der Waals surface area contributed by atoms with Gasteiger partial charge in [0.1, 0.15) is 0 Å². The van der Waals surface area contributed by atoms with Gasteiger partial charge in [0, 0.05) is 43.4 Å². The van der Waals surface area contributed by atoms with E-state index in [9.17, 15) is 4.79 Å². The Balaban J connectivity index is 1.51. The van der Waals surface area contributed by atoms with E-state index in [1.807, 2.05) is 62.5 Å². The molecule has 0 unspecified atom stereocenters. The number of rotatable bonds is 8. The molecule has 0 bridgehead atoms. The van der Waals surface area contributed by atoms with E-state index in [0.29, 0.717) is 23.8 Å². The van der Waals surface area contributed by atoms with E-state index < -0.39 is 0 Å². The number of benzene rings is 2. The molecule has 0 atom stereocenters. The van der Waals surface area contributed by atoms with Gasteiger partial charge in [0.05, 0.1) is 0 Å². The lowest BCUT2D eigenvalue weighted by molar-refractivity contribution is 0.0954. The minimum atomic E-state index is -0.0553. The van der Waals surface area contributed by atoms with Crippen LogP contribution in [0.15, 0.2) is 53.1 Å². The fraction of sp³-hybridized carbons (Fsp3) is 0.318. The summed E-state index contributed by atoms with van der Waals surface area (Å²) in [4.78, 5) is 18.8. The number of aromatic nitrogens is 2. The van der Waals surface area contributed by atoms with Crippen LogP contribution in [0, 0.1) is 0 Å². The summed E-state index contributed by atoms with van der Waals surface area (Å²) in [5.74, 6) is 1.19. The molecule has 1 N–H and O–H groups in total. The SMILES string of the molecule is CCc1noc(-c2ccc(CCNC(=O)c3ccc(N(C)CC)cc3)cc2)n1. The Labute approximate surface area is 165 Å². The second-order valence-electron chi connectivity index (χ2n) is 6.63. The first kappa shape index (κ1) is 19.6. The van der Waals surface area contributed by atoms with Crippen molar-refractivity contribution < 1.29 is 9.32 Å². The second kappa shape index (κ2) is 9.17. The molecule has 3 rings (SSSR count). The normalized spacial score (nSPS) is 10.7. The number of amides is 1. The first-order valence-corrected chi connectivity index (χ1v) is 9.62. The molecule has 2 aromatic carbocycles. The smallest absolute Gasteiger partial charge is 0.257 e. The number of carbonyl (C=O) groups is 1. The average molecular weight is 378 g/mol. The molecule has 0 fully saturated rings. The maximum absolute atomic E-state index is 12.3. The zero-order chi connectivity index (χ0) is 19.9. The molecule has 146 valence electrons. The number of nitrogens with one attached hydrogen (secondary N) is 1. The van der Waals surface area contributed by atoms with E-state index >= 15 is 0 Å². The molecule has 1 heterocycles. The van der Waals surface area contributed by atoms with E-state index in [0.717, 1.165) is 36.2 Å². The molecule has 0 aliphatic rings. The molecule has 6 nitrogen and oxygen atoms in total. The van der Waals surface area contributed by atoms with Gasteiger partial charge in [0.15, 0.2) is 5.82 Å². The Bertz CT molecular complexity index is 901. The maximum atomic E-state index is 12.3. The molecule has 28 heavy (non-hydrogen) atoms. The van der Waals surface area contributed by atoms with E-state index in [1.54, 1.807) is 0 Å². The van der Waals surface area contributed by atoms with Crippen LogP contribution in [0.25, 0.3) is 11.5 Å². The van der Waals surface area contributed by atoms with Gasteiger partial charge >= 0.3 is 0 Å². The highest BCUT2D eigenvalue weighted by Crippen LogP contribution is 2.18. The van der Waals surface area contributed by atoms with E-state index in [1.165, 1.54) is 0 Å². The van der Waals surface area contributed by atoms with Crippen molar-refractivity contribution in [3.05, 3.63) is 65.5 Å². The average Bonchev–Trinajstić information content (AvgIpc) is 3.23. The molecule has 0 aliphatic carbocycles. The van der Waals surface area contributed by atoms with Crippen LogP contribution in [0.5, 0.6) is 0 Å². The van der Waals surface area contributed by atoms with Crippen LogP contribution < -0.4 is 10.2 Å². The number of carbonyl (C=O) groups excluding carboxylic acids is 1. The second-order valence-corrected chi connectivity index (χ2v) is 6.63. The molecule has 0 radical (unpaired) electrons. The summed E-state index contributed by atoms with van der Waals surface area (Å²) in [5, 5.41) is 6.89. The molecule has 0 saturated heterocycles. The van der Waals surface area contributed by atoms with Crippen LogP contribution in [0.3, 0.4) is 0 Å². The summed E-state index contributed by atoms with van der Waals surface area (Å²) in [7, 11) is 2.03. The van der Waals surface area contributed by atoms with Crippen molar-refractivity contribution >= 4 is 11.6 Å². The van der Waals surface area contributed by atoms with Gasteiger partial charge in [0.25, 0.3) is 11.8 Å². The summed E-state index contributed by atoms with van der Waals surface area (Å²) in [5.41, 5.74) is 3.81. The highest BCUT2D eigenvalue weighted by atomic mass is 16.5. The molecule has 0 aliphatic heterocycles. The number of nitrogens with zero attached hydrogens (tertiary/aromatic N) is 3. The van der Waals surface area contributed by atoms with Crippen molar-refractivity contribution in [1.82, 2.24) is 15.5 Å². The van der Waals surface area contributed by atoms with Crippen molar-refractivity contribution in [3.63, 3.8) is 0 Å². The molecule has 1 aromatic heterocycles. The van der Waals surface area contributed by atoms with Crippen LogP contribution in [-0.4, -0.2) is 36.2 Å². The lowest BCUT2D eigenvalue weighted by Gasteiger charge is -2.16. The van der Waals surface area contributed by atoms with Crippen molar-refractivity contribution in [2.45, 2.75) is 26.7 Å². The first-order valence-electron chi connectivity index (χ1n) is 9.62. The first-order chi connectivity index (χ1) is 13.6. The molecular formula is C22H26N4O2. The van der Waals surface area contributed by atoms with Crippen molar-refractivity contribution in [2.75, 3.05) is 25.0 Å². The standard InChI is InChI=1S/C22H26N4O2/c1-4-20-24-22(28-25-20)18-8-6-16(7-9-18)14-15-23-21(27)17-10-12-19(13-11-17)26(3)5-2/h6-13H,4-5,14-15H2,1-3H3,(H,23,27). The lowest BCUT2D eigenvalue weighted by atomic mass is 10.1. The topological polar surface area (TPSA) is 71.3 Å². The zero-order valence-electron chi connectivity index (χ0n) is 16.6. The number of aryl methyl sites for hydroxylation is 1. The van der Waals surface area contributed by atoms with Crippen molar-refractivity contribution in [2.24, 2.45) is 0 Å². The summed E-state index contributed by atoms with van der Waals surface area (Å²) < 4.78 is 5.25. The molecule has 1 amide bonds. The largest absolute Gasteiger partial charge is 0.375 e. The molecule has 0 spiro atoms. The van der Waals surface area contributed by atoms with Gasteiger partial charge in [-0.15, -0.1) is 0 Å². The quantitative estimate of drug-likeness (QED) is 0.647. The number of anilines is 1. The van der Waals surface area contributed by atoms with Crippen molar-refractivity contribution in [3.8, 4) is 11.5 Å². The summed E-state index contributed by atoms with van der Waals surface area (Å²) in [6, 6.07) is 15.6. The van der Waals surface area contributed by atoms with Gasteiger partial charge < -0.3 is 14.7 Å². The predicted octanol–water partition coefficient (Wildman–Crippen LogP) is 3.73. The summed E-state index contributed by atoms with van der Waals surface area (Å²) in [6.07, 6.45) is 1.51. The maximum Gasteiger partial charge on any atom is 0.257 e. The van der Waals surface area contributed by atoms with Crippen LogP contribution in [0.4, 0.5) is 5.69 Å². The van der Waals surface area contributed by atoms with E-state index in [2.05, 4.69) is 27.3 Å². The summed E-state index contributed by atoms with van der Waals surface area (Å²) in [6.45, 7) is 5.59. The van der Waals surface area contributed by atoms with Crippen molar-refractivity contribution in [1.29, 1.82) is 0 Å². The fourth-order valence-electron chi connectivity index (χ4n) is 2.80. The predicted molar refractivity (Wildman–Crippen MR) is 111 cm³/mol. The van der Waals surface area contributed by atoms with Gasteiger partial charge in [-0.3, -0.25) is 4.79 Å². The molecular weight excluding hydrogens is 352 g/mol. The third-order valence-electron chi connectivity index (χ3n) is 4.73. The van der Waals surface area contributed by atoms with Crippen LogP contribution in [-0.2, 0) is 12.8 Å². The van der Waals surface area contributed by atoms with Gasteiger partial charge in [-0.05, 0) is 55.3 Å². The summed E-state index contributed by atoms with van der Waals surface area (Å²) >= 11 is 0. The van der Waals surface area contributed by atoms with Crippen LogP contribution in [0.2, 0.25) is 0 Å². The van der Waals surface area contributed by atoms with Crippen LogP contribution >= 0.6 is 0 Å². The Kier molecular flexibility index (Phi) is 6.42. The van der Waals surface area contributed by atoms with Gasteiger partial charge in [-0.1, -0.05) is 24.2 Å². The molecule has 6 heteroatoms. The van der Waals surface area contributed by atoms with Crippen LogP contribution in [0.1, 0.15) is 35.6 Å². The Morgan fingerprint density at radius 3 is 2.39 bits per heavy atom. The highest BCUT2D eigenvalue weighted by molar-refractivity contribution is 5.94. The molecule has 3 aromatic rings. The third-order valence-corrected chi connectivity index (χ3v) is 4.73. The monoisotopic (exact) mass is 378 g/mol. The van der Waals surface area contributed by atoms with Gasteiger partial charge in [-0.25, -0.2) is 0 Å². The Morgan fingerprint density at radius 2 is 1.79 bits per heavy atom. The number of hydrogen-bond acceptors (Lipinski definition) is 5. The van der Waals surface area contributed by atoms with Gasteiger partial charge in [-0.2, -0.15) is 4.98 Å². The Morgan fingerprint density at radius 1 is 1.07 bits per heavy atom. The Hall–Kier alpha value is -3.15. The highest BCUT2D eigenvalue weighted by Gasteiger charge is 2.08. The zero-order valence-corrected chi connectivity index (χ0v) is 16.6. The lowest BCUT2D eigenvalue weighted by Crippen LogP contribution is -2.25. The van der Waals surface area contributed by atoms with E-state index in [4.69, 9.17) is 4.52 Å². The minimum Gasteiger partial charge on any atom is -0.375 e. The number of hydrogen-bond donors (Lipinski definition) is 1.